The first-order valence-electron chi connectivity index (χ1n) is 9.54. The molecule has 0 bridgehead atoms. The van der Waals surface area contributed by atoms with E-state index in [-0.39, 0.29) is 42.9 Å². The minimum atomic E-state index is 0. The topological polar surface area (TPSA) is 67.6 Å². The van der Waals surface area contributed by atoms with Crippen LogP contribution in [0.1, 0.15) is 51.5 Å². The molecule has 1 amide bonds. The monoisotopic (exact) mass is 419 g/mol. The molecular weight excluding hydrogens is 385 g/mol. The lowest BCUT2D eigenvalue weighted by molar-refractivity contribution is -0.116. The molecule has 0 radical (unpaired) electrons. The fourth-order valence-electron chi connectivity index (χ4n) is 3.43. The Morgan fingerprint density at radius 2 is 1.74 bits per heavy atom. The number of amides is 1. The lowest BCUT2D eigenvalue weighted by atomic mass is 10.1. The average Bonchev–Trinajstić information content (AvgIpc) is 2.55. The Balaban J connectivity index is 0.00000338. The zero-order valence-electron chi connectivity index (χ0n) is 16.5. The van der Waals surface area contributed by atoms with E-state index in [2.05, 4.69) is 30.1 Å². The first kappa shape index (κ1) is 26.1. The Hall–Kier alpha value is -0.850. The van der Waals surface area contributed by atoms with Gasteiger partial charge < -0.3 is 15.8 Å². The summed E-state index contributed by atoms with van der Waals surface area (Å²) in [6.07, 6.45) is 5.21. The van der Waals surface area contributed by atoms with Crippen LogP contribution in [-0.2, 0) is 16.1 Å². The fraction of sp³-hybridized carbons (Fsp3) is 0.650. The summed E-state index contributed by atoms with van der Waals surface area (Å²) in [5.41, 5.74) is 7.59. The van der Waals surface area contributed by atoms with Gasteiger partial charge in [0.05, 0.1) is 12.2 Å². The van der Waals surface area contributed by atoms with Crippen LogP contribution >= 0.6 is 24.8 Å². The summed E-state index contributed by atoms with van der Waals surface area (Å²) in [5.74, 6) is 0.101. The van der Waals surface area contributed by atoms with Gasteiger partial charge in [0.2, 0.25) is 5.91 Å². The number of nitrogens with zero attached hydrogens (tertiary/aromatic N) is 1. The molecule has 0 saturated carbocycles. The number of nitrogens with two attached hydrogens (primary N) is 1. The number of hydrogen-bond donors (Lipinski definition) is 2. The van der Waals surface area contributed by atoms with Gasteiger partial charge in [-0.1, -0.05) is 31.0 Å². The van der Waals surface area contributed by atoms with E-state index in [1.54, 1.807) is 0 Å². The molecule has 2 unspecified atom stereocenters. The molecule has 1 aromatic carbocycles. The van der Waals surface area contributed by atoms with Gasteiger partial charge in [-0.15, -0.1) is 24.8 Å². The zero-order valence-corrected chi connectivity index (χ0v) is 18.1. The van der Waals surface area contributed by atoms with Gasteiger partial charge >= 0.3 is 0 Å². The number of carbonyl (C=O) groups is 1. The highest BCUT2D eigenvalue weighted by atomic mass is 35.5. The standard InChI is InChI=1S/C20H33N3O2.2ClH/c1-16-13-23(14-17(2)25-16)15-18-9-6-7-10-19(18)22-20(24)11-5-3-4-8-12-21;;/h6-7,9-10,16-17H,3-5,8,11-15,21H2,1-2H3,(H,22,24);2*1H. The van der Waals surface area contributed by atoms with Gasteiger partial charge in [-0.05, 0) is 44.9 Å². The lowest BCUT2D eigenvalue weighted by Crippen LogP contribution is -2.44. The highest BCUT2D eigenvalue weighted by molar-refractivity contribution is 5.91. The van der Waals surface area contributed by atoms with Crippen LogP contribution in [0.4, 0.5) is 5.69 Å². The Bertz CT molecular complexity index is 536. The number of halogens is 2. The van der Waals surface area contributed by atoms with Gasteiger partial charge in [0.1, 0.15) is 0 Å². The second kappa shape index (κ2) is 14.2. The molecule has 2 rings (SSSR count). The second-order valence-electron chi connectivity index (χ2n) is 7.11. The van der Waals surface area contributed by atoms with E-state index in [4.69, 9.17) is 10.5 Å². The van der Waals surface area contributed by atoms with E-state index < -0.39 is 0 Å². The molecule has 7 heteroatoms. The molecular formula is C20H35Cl2N3O2. The van der Waals surface area contributed by atoms with Crippen molar-refractivity contribution in [3.63, 3.8) is 0 Å². The Kier molecular flexibility index (Phi) is 13.7. The Morgan fingerprint density at radius 1 is 1.11 bits per heavy atom. The van der Waals surface area contributed by atoms with Crippen molar-refractivity contribution in [2.75, 3.05) is 25.0 Å². The number of hydrogen-bond acceptors (Lipinski definition) is 4. The van der Waals surface area contributed by atoms with E-state index in [1.807, 2.05) is 18.2 Å². The summed E-state index contributed by atoms with van der Waals surface area (Å²) in [6, 6.07) is 8.10. The predicted molar refractivity (Wildman–Crippen MR) is 117 cm³/mol. The Labute approximate surface area is 176 Å². The van der Waals surface area contributed by atoms with Crippen molar-refractivity contribution in [3.05, 3.63) is 29.8 Å². The van der Waals surface area contributed by atoms with Crippen LogP contribution in [0, 0.1) is 0 Å². The van der Waals surface area contributed by atoms with Crippen LogP contribution in [0.25, 0.3) is 0 Å². The van der Waals surface area contributed by atoms with Crippen LogP contribution in [0.2, 0.25) is 0 Å². The zero-order chi connectivity index (χ0) is 18.1. The molecule has 1 aliphatic rings. The van der Waals surface area contributed by atoms with Gasteiger partial charge in [0.15, 0.2) is 0 Å². The quantitative estimate of drug-likeness (QED) is 0.593. The smallest absolute Gasteiger partial charge is 0.224 e. The Morgan fingerprint density at radius 3 is 2.41 bits per heavy atom. The van der Waals surface area contributed by atoms with Gasteiger partial charge in [0, 0.05) is 31.7 Å². The summed E-state index contributed by atoms with van der Waals surface area (Å²) in [6.45, 7) is 7.65. The van der Waals surface area contributed by atoms with E-state index in [9.17, 15) is 4.79 Å². The third-order valence-corrected chi connectivity index (χ3v) is 4.54. The third-order valence-electron chi connectivity index (χ3n) is 4.54. The SMILES string of the molecule is CC1CN(Cc2ccccc2NC(=O)CCCCCCN)CC(C)O1.Cl.Cl. The third kappa shape index (κ3) is 9.77. The van der Waals surface area contributed by atoms with Gasteiger partial charge in [-0.25, -0.2) is 0 Å². The first-order valence-corrected chi connectivity index (χ1v) is 9.54. The van der Waals surface area contributed by atoms with Crippen molar-refractivity contribution in [1.82, 2.24) is 4.90 Å². The van der Waals surface area contributed by atoms with Crippen LogP contribution in [0.15, 0.2) is 24.3 Å². The maximum absolute atomic E-state index is 12.2. The van der Waals surface area contributed by atoms with E-state index in [0.717, 1.165) is 57.5 Å². The van der Waals surface area contributed by atoms with Gasteiger partial charge in [-0.3, -0.25) is 9.69 Å². The molecule has 3 N–H and O–H groups in total. The number of para-hydroxylation sites is 1. The summed E-state index contributed by atoms with van der Waals surface area (Å²) >= 11 is 0. The largest absolute Gasteiger partial charge is 0.373 e. The molecule has 2 atom stereocenters. The summed E-state index contributed by atoms with van der Waals surface area (Å²) < 4.78 is 5.80. The average molecular weight is 420 g/mol. The van der Waals surface area contributed by atoms with Crippen LogP contribution in [-0.4, -0.2) is 42.6 Å². The van der Waals surface area contributed by atoms with Crippen molar-refractivity contribution < 1.29 is 9.53 Å². The number of unbranched alkanes of at least 4 members (excludes halogenated alkanes) is 3. The number of anilines is 1. The maximum atomic E-state index is 12.2. The summed E-state index contributed by atoms with van der Waals surface area (Å²) in [7, 11) is 0. The molecule has 1 aromatic rings. The highest BCUT2D eigenvalue weighted by Gasteiger charge is 2.22. The van der Waals surface area contributed by atoms with Gasteiger partial charge in [0.25, 0.3) is 0 Å². The van der Waals surface area contributed by atoms with E-state index in [1.165, 1.54) is 5.56 Å². The van der Waals surface area contributed by atoms with E-state index in [0.29, 0.717) is 6.42 Å². The number of carbonyl (C=O) groups excluding carboxylic acids is 1. The van der Waals surface area contributed by atoms with Crippen molar-refractivity contribution in [2.24, 2.45) is 5.73 Å². The van der Waals surface area contributed by atoms with Gasteiger partial charge in [-0.2, -0.15) is 0 Å². The minimum absolute atomic E-state index is 0. The lowest BCUT2D eigenvalue weighted by Gasteiger charge is -2.35. The van der Waals surface area contributed by atoms with Crippen molar-refractivity contribution >= 4 is 36.4 Å². The molecule has 0 aromatic heterocycles. The van der Waals surface area contributed by atoms with Crippen molar-refractivity contribution in [3.8, 4) is 0 Å². The molecule has 1 heterocycles. The van der Waals surface area contributed by atoms with Crippen LogP contribution < -0.4 is 11.1 Å². The molecule has 1 saturated heterocycles. The predicted octanol–water partition coefficient (Wildman–Crippen LogP) is 3.99. The number of benzene rings is 1. The molecule has 156 valence electrons. The molecule has 27 heavy (non-hydrogen) atoms. The highest BCUT2D eigenvalue weighted by Crippen LogP contribution is 2.20. The van der Waals surface area contributed by atoms with E-state index >= 15 is 0 Å². The number of nitrogens with one attached hydrogen (secondary N) is 1. The summed E-state index contributed by atoms with van der Waals surface area (Å²) in [5, 5.41) is 3.09. The number of ether oxygens (including phenoxy) is 1. The maximum Gasteiger partial charge on any atom is 0.224 e. The molecule has 5 nitrogen and oxygen atoms in total. The molecule has 1 fully saturated rings. The van der Waals surface area contributed by atoms with Crippen LogP contribution in [0.3, 0.4) is 0 Å². The fourth-order valence-corrected chi connectivity index (χ4v) is 3.43. The molecule has 1 aliphatic heterocycles. The normalized spacial score (nSPS) is 19.7. The second-order valence-corrected chi connectivity index (χ2v) is 7.11. The molecule has 0 aliphatic carbocycles. The van der Waals surface area contributed by atoms with Crippen LogP contribution in [0.5, 0.6) is 0 Å². The molecule has 0 spiro atoms. The summed E-state index contributed by atoms with van der Waals surface area (Å²) in [4.78, 5) is 14.6. The first-order chi connectivity index (χ1) is 12.1. The van der Waals surface area contributed by atoms with Crippen molar-refractivity contribution in [1.29, 1.82) is 0 Å². The minimum Gasteiger partial charge on any atom is -0.373 e. The van der Waals surface area contributed by atoms with Crippen molar-refractivity contribution in [2.45, 2.75) is 64.7 Å². The number of morpholine rings is 1. The number of rotatable bonds is 9.